The molecule has 32 heavy (non-hydrogen) atoms. The van der Waals surface area contributed by atoms with Crippen LogP contribution in [0, 0.1) is 20.2 Å². The van der Waals surface area contributed by atoms with E-state index in [0.29, 0.717) is 21.3 Å². The first-order valence-electron chi connectivity index (χ1n) is 8.90. The second kappa shape index (κ2) is 9.58. The Bertz CT molecular complexity index is 1180. The minimum atomic E-state index is -0.769. The van der Waals surface area contributed by atoms with Gasteiger partial charge in [0.2, 0.25) is 5.75 Å². The molecule has 164 valence electrons. The lowest BCUT2D eigenvalue weighted by atomic mass is 10.1. The SMILES string of the molecule is C=CCN1C(=O)C(=Cc2ccc(Oc3ccc([N+](=O)[O-])cc3[N+](=O)[O-])c(OC)c2)SC1=S. The Morgan fingerprint density at radius 3 is 2.47 bits per heavy atom. The van der Waals surface area contributed by atoms with Gasteiger partial charge in [-0.05, 0) is 29.8 Å². The zero-order valence-corrected chi connectivity index (χ0v) is 18.2. The van der Waals surface area contributed by atoms with Gasteiger partial charge in [0.15, 0.2) is 11.5 Å². The van der Waals surface area contributed by atoms with Crippen molar-refractivity contribution in [3.05, 3.63) is 79.8 Å². The third-order valence-electron chi connectivity index (χ3n) is 4.24. The van der Waals surface area contributed by atoms with Gasteiger partial charge in [-0.3, -0.25) is 29.9 Å². The van der Waals surface area contributed by atoms with Crippen molar-refractivity contribution >= 4 is 51.7 Å². The maximum absolute atomic E-state index is 12.5. The average molecular weight is 473 g/mol. The van der Waals surface area contributed by atoms with E-state index >= 15 is 0 Å². The number of nitro groups is 2. The fourth-order valence-electron chi connectivity index (χ4n) is 2.76. The number of nitrogens with zero attached hydrogens (tertiary/aromatic N) is 3. The van der Waals surface area contributed by atoms with E-state index in [1.807, 2.05) is 0 Å². The molecule has 0 aliphatic carbocycles. The van der Waals surface area contributed by atoms with Crippen LogP contribution < -0.4 is 9.47 Å². The fourth-order valence-corrected chi connectivity index (χ4v) is 4.04. The number of amides is 1. The zero-order chi connectivity index (χ0) is 23.4. The van der Waals surface area contributed by atoms with Crippen molar-refractivity contribution in [3.8, 4) is 17.2 Å². The zero-order valence-electron chi connectivity index (χ0n) is 16.5. The van der Waals surface area contributed by atoms with Gasteiger partial charge in [-0.15, -0.1) is 6.58 Å². The molecule has 0 radical (unpaired) electrons. The first-order valence-corrected chi connectivity index (χ1v) is 10.1. The Morgan fingerprint density at radius 2 is 1.84 bits per heavy atom. The Labute approximate surface area is 191 Å². The molecule has 10 nitrogen and oxygen atoms in total. The van der Waals surface area contributed by atoms with Crippen molar-refractivity contribution in [1.29, 1.82) is 0 Å². The smallest absolute Gasteiger partial charge is 0.318 e. The number of thioether (sulfide) groups is 1. The summed E-state index contributed by atoms with van der Waals surface area (Å²) in [5.74, 6) is -0.0218. The lowest BCUT2D eigenvalue weighted by Gasteiger charge is -2.11. The van der Waals surface area contributed by atoms with E-state index in [-0.39, 0.29) is 23.2 Å². The van der Waals surface area contributed by atoms with Gasteiger partial charge in [-0.2, -0.15) is 0 Å². The van der Waals surface area contributed by atoms with E-state index < -0.39 is 21.2 Å². The summed E-state index contributed by atoms with van der Waals surface area (Å²) in [7, 11) is 1.39. The number of carbonyl (C=O) groups excluding carboxylic acids is 1. The summed E-state index contributed by atoms with van der Waals surface area (Å²) in [6.07, 6.45) is 3.23. The average Bonchev–Trinajstić information content (AvgIpc) is 3.02. The van der Waals surface area contributed by atoms with E-state index in [4.69, 9.17) is 21.7 Å². The van der Waals surface area contributed by atoms with Gasteiger partial charge in [0.25, 0.3) is 11.6 Å². The Morgan fingerprint density at radius 1 is 1.12 bits per heavy atom. The molecule has 1 heterocycles. The van der Waals surface area contributed by atoms with Crippen LogP contribution in [0.2, 0.25) is 0 Å². The van der Waals surface area contributed by atoms with Crippen LogP contribution in [-0.4, -0.2) is 38.6 Å². The number of hydrogen-bond acceptors (Lipinski definition) is 9. The van der Waals surface area contributed by atoms with Gasteiger partial charge < -0.3 is 9.47 Å². The highest BCUT2D eigenvalue weighted by atomic mass is 32.2. The van der Waals surface area contributed by atoms with Crippen molar-refractivity contribution in [2.75, 3.05) is 13.7 Å². The normalized spacial score (nSPS) is 14.5. The minimum Gasteiger partial charge on any atom is -0.493 e. The monoisotopic (exact) mass is 473 g/mol. The third-order valence-corrected chi connectivity index (χ3v) is 5.62. The number of carbonyl (C=O) groups is 1. The van der Waals surface area contributed by atoms with Crippen LogP contribution in [0.1, 0.15) is 5.56 Å². The molecule has 1 aliphatic rings. The van der Waals surface area contributed by atoms with Crippen LogP contribution in [0.4, 0.5) is 11.4 Å². The molecule has 1 aliphatic heterocycles. The predicted octanol–water partition coefficient (Wildman–Crippen LogP) is 4.69. The molecule has 1 amide bonds. The standard InChI is InChI=1S/C20H15N3O7S2/c1-3-8-21-19(24)18(32-20(21)31)10-12-4-6-16(17(9-12)29-2)30-15-7-5-13(22(25)26)11-14(15)23(27)28/h3-7,9-11H,1,8H2,2H3. The summed E-state index contributed by atoms with van der Waals surface area (Å²) in [4.78, 5) is 35.1. The molecule has 1 fully saturated rings. The van der Waals surface area contributed by atoms with Crippen molar-refractivity contribution < 1.29 is 24.1 Å². The first kappa shape index (κ1) is 22.9. The molecule has 0 saturated carbocycles. The fraction of sp³-hybridized carbons (Fsp3) is 0.100. The highest BCUT2D eigenvalue weighted by Gasteiger charge is 2.31. The molecular formula is C20H15N3O7S2. The van der Waals surface area contributed by atoms with Gasteiger partial charge in [0, 0.05) is 12.6 Å². The van der Waals surface area contributed by atoms with E-state index in [1.54, 1.807) is 24.3 Å². The predicted molar refractivity (Wildman–Crippen MR) is 123 cm³/mol. The van der Waals surface area contributed by atoms with Crippen molar-refractivity contribution in [3.63, 3.8) is 0 Å². The van der Waals surface area contributed by atoms with E-state index in [2.05, 4.69) is 6.58 Å². The quantitative estimate of drug-likeness (QED) is 0.176. The Kier molecular flexibility index (Phi) is 6.85. The van der Waals surface area contributed by atoms with Crippen molar-refractivity contribution in [2.45, 2.75) is 0 Å². The van der Waals surface area contributed by atoms with Gasteiger partial charge in [0.1, 0.15) is 4.32 Å². The number of rotatable bonds is 8. The Balaban J connectivity index is 1.91. The van der Waals surface area contributed by atoms with E-state index in [9.17, 15) is 25.0 Å². The molecule has 0 N–H and O–H groups in total. The second-order valence-corrected chi connectivity index (χ2v) is 7.94. The summed E-state index contributed by atoms with van der Waals surface area (Å²) in [6.45, 7) is 3.92. The lowest BCUT2D eigenvalue weighted by Crippen LogP contribution is -2.27. The summed E-state index contributed by atoms with van der Waals surface area (Å²) >= 11 is 6.38. The van der Waals surface area contributed by atoms with Gasteiger partial charge >= 0.3 is 5.69 Å². The number of thiocarbonyl (C=S) groups is 1. The molecule has 12 heteroatoms. The van der Waals surface area contributed by atoms with Gasteiger partial charge in [-0.25, -0.2) is 0 Å². The van der Waals surface area contributed by atoms with Gasteiger partial charge in [0.05, 0.1) is 27.9 Å². The lowest BCUT2D eigenvalue weighted by molar-refractivity contribution is -0.394. The molecule has 3 rings (SSSR count). The number of non-ortho nitro benzene ring substituents is 1. The maximum atomic E-state index is 12.5. The number of benzene rings is 2. The number of ether oxygens (including phenoxy) is 2. The maximum Gasteiger partial charge on any atom is 0.318 e. The molecule has 0 aromatic heterocycles. The number of nitro benzene ring substituents is 2. The molecule has 1 saturated heterocycles. The topological polar surface area (TPSA) is 125 Å². The van der Waals surface area contributed by atoms with Gasteiger partial charge in [-0.1, -0.05) is 36.1 Å². The van der Waals surface area contributed by atoms with Crippen LogP contribution in [-0.2, 0) is 4.79 Å². The number of hydrogen-bond donors (Lipinski definition) is 0. The van der Waals surface area contributed by atoms with Crippen LogP contribution >= 0.6 is 24.0 Å². The minimum absolute atomic E-state index is 0.154. The van der Waals surface area contributed by atoms with E-state index in [1.165, 1.54) is 18.1 Å². The second-order valence-electron chi connectivity index (χ2n) is 6.26. The molecule has 0 unspecified atom stereocenters. The molecule has 2 aromatic carbocycles. The summed E-state index contributed by atoms with van der Waals surface area (Å²) in [5, 5.41) is 22.2. The molecular weight excluding hydrogens is 458 g/mol. The number of methoxy groups -OCH3 is 1. The first-order chi connectivity index (χ1) is 15.2. The van der Waals surface area contributed by atoms with Crippen molar-refractivity contribution in [2.24, 2.45) is 0 Å². The Hall–Kier alpha value is -3.77. The highest BCUT2D eigenvalue weighted by molar-refractivity contribution is 8.26. The molecule has 0 bridgehead atoms. The van der Waals surface area contributed by atoms with Crippen LogP contribution in [0.25, 0.3) is 6.08 Å². The summed E-state index contributed by atoms with van der Waals surface area (Å²) in [5.41, 5.74) is -0.372. The van der Waals surface area contributed by atoms with E-state index in [0.717, 1.165) is 30.0 Å². The largest absolute Gasteiger partial charge is 0.493 e. The summed E-state index contributed by atoms with van der Waals surface area (Å²) < 4.78 is 11.4. The highest BCUT2D eigenvalue weighted by Crippen LogP contribution is 2.39. The van der Waals surface area contributed by atoms with Crippen LogP contribution in [0.15, 0.2) is 54.0 Å². The molecule has 0 atom stereocenters. The van der Waals surface area contributed by atoms with Crippen LogP contribution in [0.3, 0.4) is 0 Å². The van der Waals surface area contributed by atoms with Crippen molar-refractivity contribution in [1.82, 2.24) is 4.90 Å². The molecule has 2 aromatic rings. The third kappa shape index (κ3) is 4.76. The van der Waals surface area contributed by atoms with Crippen LogP contribution in [0.5, 0.6) is 17.2 Å². The summed E-state index contributed by atoms with van der Waals surface area (Å²) in [6, 6.07) is 7.81. The molecule has 0 spiro atoms.